The average molecular weight is 413 g/mol. The molecule has 5 nitrogen and oxygen atoms in total. The number of nitrogens with one attached hydrogen (secondary N) is 1. The van der Waals surface area contributed by atoms with Crippen LogP contribution in [0.15, 0.2) is 18.2 Å². The van der Waals surface area contributed by atoms with Crippen LogP contribution in [-0.4, -0.2) is 42.0 Å². The molecule has 1 aromatic rings. The number of rotatable bonds is 5. The first-order chi connectivity index (χ1) is 14.0. The maximum Gasteiger partial charge on any atom is 0.259 e. The van der Waals surface area contributed by atoms with Gasteiger partial charge in [-0.15, -0.1) is 0 Å². The minimum absolute atomic E-state index is 0.0342. The zero-order chi connectivity index (χ0) is 20.2. The van der Waals surface area contributed by atoms with Gasteiger partial charge >= 0.3 is 0 Å². The van der Waals surface area contributed by atoms with E-state index in [-0.39, 0.29) is 17.4 Å². The lowest BCUT2D eigenvalue weighted by Gasteiger charge is -2.46. The molecular weight excluding hydrogens is 384 g/mol. The largest absolute Gasteiger partial charge is 0.381 e. The topological polar surface area (TPSA) is 58.6 Å². The Labute approximate surface area is 177 Å². The predicted octanol–water partition coefficient (Wildman–Crippen LogP) is 3.20. The second-order valence-corrected chi connectivity index (χ2v) is 9.56. The van der Waals surface area contributed by atoms with E-state index in [0.29, 0.717) is 24.0 Å². The van der Waals surface area contributed by atoms with E-state index in [2.05, 4.69) is 23.5 Å². The van der Waals surface area contributed by atoms with Gasteiger partial charge in [0.05, 0.1) is 6.10 Å². The Morgan fingerprint density at radius 1 is 1.28 bits per heavy atom. The molecule has 4 aliphatic rings. The number of carbonyl (C=O) groups excluding carboxylic acids is 2. The molecule has 1 N–H and O–H groups in total. The standard InChI is InChI=1S/C23H28N2O3S/c1-28-18-7-9-22(10-8-18)14-17-6-5-16(15-3-4-15)13-19(17)23(22)20(27)25(11-2-12-26)21(29)24-23/h5-6,12-13,15,18H,2-4,7-11,14H2,1H3,(H,24,29). The number of benzene rings is 1. The monoisotopic (exact) mass is 412 g/mol. The number of thiocarbonyl (C=S) groups is 1. The van der Waals surface area contributed by atoms with Crippen molar-refractivity contribution in [1.29, 1.82) is 0 Å². The normalized spacial score (nSPS) is 33.4. The van der Waals surface area contributed by atoms with E-state index in [0.717, 1.165) is 44.0 Å². The number of hydrogen-bond acceptors (Lipinski definition) is 4. The van der Waals surface area contributed by atoms with E-state index in [4.69, 9.17) is 17.0 Å². The fraction of sp³-hybridized carbons (Fsp3) is 0.609. The summed E-state index contributed by atoms with van der Waals surface area (Å²) in [5.74, 6) is 0.666. The van der Waals surface area contributed by atoms with Crippen molar-refractivity contribution < 1.29 is 14.3 Å². The summed E-state index contributed by atoms with van der Waals surface area (Å²) < 4.78 is 5.62. The Balaban J connectivity index is 1.61. The van der Waals surface area contributed by atoms with Gasteiger partial charge in [0.25, 0.3) is 5.91 Å². The maximum atomic E-state index is 14.0. The highest BCUT2D eigenvalue weighted by atomic mass is 32.1. The van der Waals surface area contributed by atoms with Crippen molar-refractivity contribution >= 4 is 29.5 Å². The van der Waals surface area contributed by atoms with Gasteiger partial charge in [0.1, 0.15) is 6.29 Å². The van der Waals surface area contributed by atoms with Crippen molar-refractivity contribution in [3.8, 4) is 0 Å². The molecule has 0 bridgehead atoms. The summed E-state index contributed by atoms with van der Waals surface area (Å²) in [4.78, 5) is 26.6. The van der Waals surface area contributed by atoms with Crippen LogP contribution in [0, 0.1) is 5.41 Å². The highest BCUT2D eigenvalue weighted by molar-refractivity contribution is 7.80. The molecule has 5 rings (SSSR count). The van der Waals surface area contributed by atoms with E-state index in [1.807, 2.05) is 0 Å². The zero-order valence-corrected chi connectivity index (χ0v) is 17.7. The molecule has 1 aliphatic heterocycles. The van der Waals surface area contributed by atoms with Gasteiger partial charge in [-0.1, -0.05) is 18.2 Å². The van der Waals surface area contributed by atoms with Gasteiger partial charge < -0.3 is 14.8 Å². The van der Waals surface area contributed by atoms with Gasteiger partial charge in [-0.2, -0.15) is 0 Å². The van der Waals surface area contributed by atoms with Crippen molar-refractivity contribution in [1.82, 2.24) is 10.2 Å². The number of fused-ring (bicyclic) bond motifs is 3. The predicted molar refractivity (Wildman–Crippen MR) is 114 cm³/mol. The summed E-state index contributed by atoms with van der Waals surface area (Å²) in [5.41, 5.74) is 2.75. The van der Waals surface area contributed by atoms with Gasteiger partial charge in [0.2, 0.25) is 0 Å². The van der Waals surface area contributed by atoms with Crippen LogP contribution in [0.25, 0.3) is 0 Å². The molecule has 1 aromatic carbocycles. The van der Waals surface area contributed by atoms with E-state index in [1.54, 1.807) is 12.0 Å². The molecule has 0 radical (unpaired) electrons. The molecule has 2 saturated carbocycles. The number of aldehydes is 1. The molecule has 2 spiro atoms. The lowest BCUT2D eigenvalue weighted by atomic mass is 9.61. The first kappa shape index (κ1) is 19.2. The molecule has 1 amide bonds. The summed E-state index contributed by atoms with van der Waals surface area (Å²) in [6.45, 7) is 0.352. The highest BCUT2D eigenvalue weighted by Crippen LogP contribution is 2.60. The summed E-state index contributed by atoms with van der Waals surface area (Å²) in [6.07, 6.45) is 8.56. The van der Waals surface area contributed by atoms with Crippen LogP contribution in [-0.2, 0) is 26.3 Å². The van der Waals surface area contributed by atoms with E-state index < -0.39 is 5.54 Å². The Hall–Kier alpha value is -1.79. The molecule has 1 atom stereocenters. The van der Waals surface area contributed by atoms with Gasteiger partial charge in [-0.05, 0) is 79.8 Å². The van der Waals surface area contributed by atoms with Gasteiger partial charge in [-0.25, -0.2) is 0 Å². The van der Waals surface area contributed by atoms with Crippen LogP contribution in [0.5, 0.6) is 0 Å². The third-order valence-corrected chi connectivity index (χ3v) is 8.03. The van der Waals surface area contributed by atoms with E-state index in [1.165, 1.54) is 24.0 Å². The van der Waals surface area contributed by atoms with Crippen molar-refractivity contribution in [2.45, 2.75) is 68.9 Å². The second-order valence-electron chi connectivity index (χ2n) is 9.18. The molecule has 0 aromatic heterocycles. The van der Waals surface area contributed by atoms with Crippen LogP contribution >= 0.6 is 12.2 Å². The van der Waals surface area contributed by atoms with E-state index >= 15 is 0 Å². The van der Waals surface area contributed by atoms with Crippen LogP contribution in [0.2, 0.25) is 0 Å². The highest BCUT2D eigenvalue weighted by Gasteiger charge is 2.67. The number of carbonyl (C=O) groups is 2. The number of nitrogens with zero attached hydrogens (tertiary/aromatic N) is 1. The number of amides is 1. The third kappa shape index (κ3) is 2.72. The lowest BCUT2D eigenvalue weighted by molar-refractivity contribution is -0.138. The first-order valence-corrected chi connectivity index (χ1v) is 11.2. The number of methoxy groups -OCH3 is 1. The Bertz CT molecular complexity index is 873. The molecule has 29 heavy (non-hydrogen) atoms. The third-order valence-electron chi connectivity index (χ3n) is 7.71. The molecule has 1 heterocycles. The van der Waals surface area contributed by atoms with Crippen molar-refractivity contribution in [2.75, 3.05) is 13.7 Å². The van der Waals surface area contributed by atoms with Crippen LogP contribution in [0.3, 0.4) is 0 Å². The minimum Gasteiger partial charge on any atom is -0.381 e. The zero-order valence-electron chi connectivity index (χ0n) is 16.9. The lowest BCUT2D eigenvalue weighted by Crippen LogP contribution is -2.56. The van der Waals surface area contributed by atoms with Crippen molar-refractivity contribution in [3.05, 3.63) is 34.9 Å². The molecule has 3 aliphatic carbocycles. The first-order valence-electron chi connectivity index (χ1n) is 10.8. The fourth-order valence-electron chi connectivity index (χ4n) is 5.98. The summed E-state index contributed by atoms with van der Waals surface area (Å²) in [5, 5.41) is 3.99. The summed E-state index contributed by atoms with van der Waals surface area (Å²) >= 11 is 5.62. The fourth-order valence-corrected chi connectivity index (χ4v) is 6.31. The SMILES string of the molecule is COC1CCC2(CC1)Cc1ccc(C3CC3)cc1C21NC(=S)N(CCC=O)C1=O. The molecular formula is C23H28N2O3S. The van der Waals surface area contributed by atoms with Crippen LogP contribution in [0.4, 0.5) is 0 Å². The van der Waals surface area contributed by atoms with Crippen LogP contribution < -0.4 is 5.32 Å². The van der Waals surface area contributed by atoms with Crippen molar-refractivity contribution in [3.63, 3.8) is 0 Å². The summed E-state index contributed by atoms with van der Waals surface area (Å²) in [6, 6.07) is 6.78. The average Bonchev–Trinajstić information content (AvgIpc) is 3.50. The minimum atomic E-state index is -0.800. The van der Waals surface area contributed by atoms with E-state index in [9.17, 15) is 9.59 Å². The van der Waals surface area contributed by atoms with Gasteiger partial charge in [0.15, 0.2) is 10.7 Å². The molecule has 3 fully saturated rings. The van der Waals surface area contributed by atoms with Gasteiger partial charge in [-0.3, -0.25) is 9.69 Å². The van der Waals surface area contributed by atoms with Gasteiger partial charge in [0, 0.05) is 25.5 Å². The Kier molecular flexibility index (Phi) is 4.55. The van der Waals surface area contributed by atoms with Crippen LogP contribution in [0.1, 0.15) is 67.6 Å². The Morgan fingerprint density at radius 3 is 2.69 bits per heavy atom. The quantitative estimate of drug-likeness (QED) is 0.595. The summed E-state index contributed by atoms with van der Waals surface area (Å²) in [7, 11) is 1.78. The molecule has 1 unspecified atom stereocenters. The molecule has 154 valence electrons. The Morgan fingerprint density at radius 2 is 2.03 bits per heavy atom. The second kappa shape index (κ2) is 6.88. The molecule has 6 heteroatoms. The number of ether oxygens (including phenoxy) is 1. The molecule has 1 saturated heterocycles. The number of hydrogen-bond donors (Lipinski definition) is 1. The smallest absolute Gasteiger partial charge is 0.259 e. The van der Waals surface area contributed by atoms with Crippen molar-refractivity contribution in [2.24, 2.45) is 5.41 Å². The maximum absolute atomic E-state index is 14.0.